The van der Waals surface area contributed by atoms with E-state index in [4.69, 9.17) is 9.15 Å². The fourth-order valence-corrected chi connectivity index (χ4v) is 3.18. The molecule has 1 aromatic carbocycles. The van der Waals surface area contributed by atoms with Gasteiger partial charge in [-0.15, -0.1) is 11.3 Å². The molecular formula is C19H19N3O4S. The normalized spacial score (nSPS) is 10.5. The summed E-state index contributed by atoms with van der Waals surface area (Å²) in [5.74, 6) is 1.15. The standard InChI is InChI=1S/C19H19N3O4S/c1-11-14(22-19(26-11)17-5-4-8-27-17)10-18(24)21-15-9-13(20-12(2)23)6-7-16(15)25-3/h4-9H,10H2,1-3H3,(H,20,23)(H,21,24). The number of hydrogen-bond acceptors (Lipinski definition) is 6. The number of ether oxygens (including phenoxy) is 1. The summed E-state index contributed by atoms with van der Waals surface area (Å²) >= 11 is 1.52. The summed E-state index contributed by atoms with van der Waals surface area (Å²) in [6.07, 6.45) is 0.0637. The summed E-state index contributed by atoms with van der Waals surface area (Å²) in [5.41, 5.74) is 1.61. The van der Waals surface area contributed by atoms with Gasteiger partial charge in [-0.25, -0.2) is 4.98 Å². The van der Waals surface area contributed by atoms with Crippen LogP contribution in [0.5, 0.6) is 5.75 Å². The number of hydrogen-bond donors (Lipinski definition) is 2. The molecule has 140 valence electrons. The molecule has 2 N–H and O–H groups in total. The summed E-state index contributed by atoms with van der Waals surface area (Å²) in [5, 5.41) is 7.42. The first kappa shape index (κ1) is 18.7. The zero-order valence-electron chi connectivity index (χ0n) is 15.2. The van der Waals surface area contributed by atoms with Crippen LogP contribution < -0.4 is 15.4 Å². The molecule has 27 heavy (non-hydrogen) atoms. The second-order valence-corrected chi connectivity index (χ2v) is 6.77. The SMILES string of the molecule is COc1ccc(NC(C)=O)cc1NC(=O)Cc1nc(-c2cccs2)oc1C. The number of nitrogens with zero attached hydrogens (tertiary/aromatic N) is 1. The quantitative estimate of drug-likeness (QED) is 0.672. The van der Waals surface area contributed by atoms with Crippen LogP contribution in [0.3, 0.4) is 0 Å². The number of aromatic nitrogens is 1. The number of amides is 2. The summed E-state index contributed by atoms with van der Waals surface area (Å²) in [7, 11) is 1.51. The number of anilines is 2. The molecule has 0 bridgehead atoms. The third-order valence-corrected chi connectivity index (χ3v) is 4.60. The van der Waals surface area contributed by atoms with Crippen molar-refractivity contribution in [2.24, 2.45) is 0 Å². The first-order valence-corrected chi connectivity index (χ1v) is 9.10. The van der Waals surface area contributed by atoms with E-state index in [2.05, 4.69) is 15.6 Å². The van der Waals surface area contributed by atoms with Gasteiger partial charge in [0.2, 0.25) is 17.7 Å². The molecule has 2 amide bonds. The Kier molecular flexibility index (Phi) is 5.56. The van der Waals surface area contributed by atoms with Gasteiger partial charge in [0.25, 0.3) is 0 Å². The van der Waals surface area contributed by atoms with Crippen molar-refractivity contribution in [3.63, 3.8) is 0 Å². The lowest BCUT2D eigenvalue weighted by Crippen LogP contribution is -2.16. The molecule has 7 nitrogen and oxygen atoms in total. The average Bonchev–Trinajstić information content (AvgIpc) is 3.25. The van der Waals surface area contributed by atoms with Crippen molar-refractivity contribution in [2.45, 2.75) is 20.3 Å². The van der Waals surface area contributed by atoms with Crippen LogP contribution in [0.1, 0.15) is 18.4 Å². The van der Waals surface area contributed by atoms with E-state index in [1.807, 2.05) is 17.5 Å². The van der Waals surface area contributed by atoms with Crippen LogP contribution in [0, 0.1) is 6.92 Å². The van der Waals surface area contributed by atoms with E-state index < -0.39 is 0 Å². The number of carbonyl (C=O) groups excluding carboxylic acids is 2. The smallest absolute Gasteiger partial charge is 0.236 e. The Labute approximate surface area is 160 Å². The zero-order chi connectivity index (χ0) is 19.4. The van der Waals surface area contributed by atoms with Gasteiger partial charge >= 0.3 is 0 Å². The van der Waals surface area contributed by atoms with Crippen LogP contribution in [-0.4, -0.2) is 23.9 Å². The summed E-state index contributed by atoms with van der Waals surface area (Å²) in [6.45, 7) is 3.20. The molecule has 0 saturated heterocycles. The lowest BCUT2D eigenvalue weighted by molar-refractivity contribution is -0.116. The number of thiophene rings is 1. The van der Waals surface area contributed by atoms with E-state index in [0.29, 0.717) is 34.5 Å². The van der Waals surface area contributed by atoms with Gasteiger partial charge in [0.15, 0.2) is 0 Å². The van der Waals surface area contributed by atoms with E-state index in [0.717, 1.165) is 4.88 Å². The predicted molar refractivity (Wildman–Crippen MR) is 104 cm³/mol. The molecular weight excluding hydrogens is 366 g/mol. The van der Waals surface area contributed by atoms with E-state index in [-0.39, 0.29) is 18.2 Å². The maximum atomic E-state index is 12.5. The summed E-state index contributed by atoms with van der Waals surface area (Å²) in [4.78, 5) is 29.1. The van der Waals surface area contributed by atoms with Gasteiger partial charge < -0.3 is 19.8 Å². The molecule has 0 aliphatic heterocycles. The topological polar surface area (TPSA) is 93.5 Å². The van der Waals surface area contributed by atoms with Gasteiger partial charge in [-0.3, -0.25) is 9.59 Å². The van der Waals surface area contributed by atoms with Crippen LogP contribution in [0.4, 0.5) is 11.4 Å². The molecule has 0 saturated carbocycles. The maximum Gasteiger partial charge on any atom is 0.236 e. The predicted octanol–water partition coefficient (Wildman–Crippen LogP) is 3.86. The Morgan fingerprint density at radius 2 is 2.07 bits per heavy atom. The van der Waals surface area contributed by atoms with Crippen LogP contribution in [0.15, 0.2) is 40.1 Å². The molecule has 0 fully saturated rings. The minimum absolute atomic E-state index is 0.0637. The minimum atomic E-state index is -0.262. The number of benzene rings is 1. The molecule has 2 aromatic heterocycles. The van der Waals surface area contributed by atoms with E-state index >= 15 is 0 Å². The van der Waals surface area contributed by atoms with Crippen LogP contribution in [0.25, 0.3) is 10.8 Å². The second-order valence-electron chi connectivity index (χ2n) is 5.82. The molecule has 0 radical (unpaired) electrons. The Balaban J connectivity index is 1.75. The highest BCUT2D eigenvalue weighted by Crippen LogP contribution is 2.29. The lowest BCUT2D eigenvalue weighted by Gasteiger charge is -2.12. The number of carbonyl (C=O) groups is 2. The van der Waals surface area contributed by atoms with Crippen molar-refractivity contribution in [3.8, 4) is 16.5 Å². The van der Waals surface area contributed by atoms with Crippen molar-refractivity contribution < 1.29 is 18.7 Å². The zero-order valence-corrected chi connectivity index (χ0v) is 16.0. The fraction of sp³-hybridized carbons (Fsp3) is 0.211. The van der Waals surface area contributed by atoms with Gasteiger partial charge in [-0.1, -0.05) is 6.07 Å². The fourth-order valence-electron chi connectivity index (χ4n) is 2.53. The highest BCUT2D eigenvalue weighted by molar-refractivity contribution is 7.13. The Hall–Kier alpha value is -3.13. The molecule has 0 aliphatic carbocycles. The Morgan fingerprint density at radius 3 is 2.74 bits per heavy atom. The Morgan fingerprint density at radius 1 is 1.26 bits per heavy atom. The maximum absolute atomic E-state index is 12.5. The van der Waals surface area contributed by atoms with Crippen molar-refractivity contribution in [2.75, 3.05) is 17.7 Å². The Bertz CT molecular complexity index is 964. The number of oxazole rings is 1. The van der Waals surface area contributed by atoms with Crippen molar-refractivity contribution in [3.05, 3.63) is 47.2 Å². The lowest BCUT2D eigenvalue weighted by atomic mass is 10.2. The van der Waals surface area contributed by atoms with Gasteiger partial charge in [-0.05, 0) is 36.6 Å². The molecule has 2 heterocycles. The first-order valence-electron chi connectivity index (χ1n) is 8.22. The van der Waals surface area contributed by atoms with Crippen molar-refractivity contribution in [1.82, 2.24) is 4.98 Å². The molecule has 0 atom stereocenters. The van der Waals surface area contributed by atoms with Gasteiger partial charge in [0.05, 0.1) is 29.8 Å². The van der Waals surface area contributed by atoms with Crippen LogP contribution >= 0.6 is 11.3 Å². The van der Waals surface area contributed by atoms with Crippen molar-refractivity contribution >= 4 is 34.5 Å². The number of rotatable bonds is 6. The summed E-state index contributed by atoms with van der Waals surface area (Å²) < 4.78 is 10.9. The molecule has 0 unspecified atom stereocenters. The molecule has 3 rings (SSSR count). The third-order valence-electron chi connectivity index (χ3n) is 3.75. The van der Waals surface area contributed by atoms with Crippen molar-refractivity contribution in [1.29, 1.82) is 0 Å². The van der Waals surface area contributed by atoms with E-state index in [1.54, 1.807) is 25.1 Å². The highest BCUT2D eigenvalue weighted by Gasteiger charge is 2.16. The third kappa shape index (κ3) is 4.53. The molecule has 3 aromatic rings. The first-order chi connectivity index (χ1) is 13.0. The minimum Gasteiger partial charge on any atom is -0.495 e. The highest BCUT2D eigenvalue weighted by atomic mass is 32.1. The van der Waals surface area contributed by atoms with Crippen LogP contribution in [0.2, 0.25) is 0 Å². The molecule has 0 spiro atoms. The number of methoxy groups -OCH3 is 1. The average molecular weight is 385 g/mol. The molecule has 8 heteroatoms. The van der Waals surface area contributed by atoms with E-state index in [9.17, 15) is 9.59 Å². The largest absolute Gasteiger partial charge is 0.495 e. The number of nitrogens with one attached hydrogen (secondary N) is 2. The van der Waals surface area contributed by atoms with E-state index in [1.165, 1.54) is 25.4 Å². The van der Waals surface area contributed by atoms with Gasteiger partial charge in [-0.2, -0.15) is 0 Å². The van der Waals surface area contributed by atoms with Gasteiger partial charge in [0.1, 0.15) is 11.5 Å². The second kappa shape index (κ2) is 8.05. The summed E-state index contributed by atoms with van der Waals surface area (Å²) in [6, 6.07) is 8.85. The van der Waals surface area contributed by atoms with Crippen LogP contribution in [-0.2, 0) is 16.0 Å². The molecule has 0 aliphatic rings. The monoisotopic (exact) mass is 385 g/mol. The van der Waals surface area contributed by atoms with Gasteiger partial charge in [0, 0.05) is 12.6 Å². The number of aryl methyl sites for hydroxylation is 1.